The van der Waals surface area contributed by atoms with E-state index in [1.54, 1.807) is 12.4 Å². The van der Waals surface area contributed by atoms with Gasteiger partial charge in [0.2, 0.25) is 0 Å². The van der Waals surface area contributed by atoms with Crippen molar-refractivity contribution in [1.29, 1.82) is 0 Å². The third-order valence-corrected chi connectivity index (χ3v) is 4.59. The summed E-state index contributed by atoms with van der Waals surface area (Å²) in [6.45, 7) is 5.89. The second kappa shape index (κ2) is 5.96. The number of rotatable bonds is 2. The van der Waals surface area contributed by atoms with Crippen LogP contribution in [0.25, 0.3) is 11.1 Å². The third kappa shape index (κ3) is 2.60. The van der Waals surface area contributed by atoms with Gasteiger partial charge in [0.1, 0.15) is 0 Å². The van der Waals surface area contributed by atoms with Gasteiger partial charge in [0.05, 0.1) is 18.6 Å². The first-order valence-electron chi connectivity index (χ1n) is 8.01. The highest BCUT2D eigenvalue weighted by atomic mass is 15.3. The molecule has 0 spiro atoms. The van der Waals surface area contributed by atoms with E-state index in [1.807, 2.05) is 18.5 Å². The van der Waals surface area contributed by atoms with Crippen LogP contribution in [0.1, 0.15) is 22.4 Å². The van der Waals surface area contributed by atoms with E-state index < -0.39 is 0 Å². The summed E-state index contributed by atoms with van der Waals surface area (Å²) in [4.78, 5) is 6.94. The first kappa shape index (κ1) is 14.7. The fourth-order valence-corrected chi connectivity index (χ4v) is 3.05. The molecule has 0 bridgehead atoms. The number of anilines is 1. The molecule has 0 unspecified atom stereocenters. The summed E-state index contributed by atoms with van der Waals surface area (Å²) in [6, 6.07) is 4.15. The van der Waals surface area contributed by atoms with Crippen LogP contribution in [0.15, 0.2) is 36.9 Å². The summed E-state index contributed by atoms with van der Waals surface area (Å²) in [6.07, 6.45) is 8.11. The molecule has 4 rings (SSSR count). The molecule has 4 heterocycles. The Morgan fingerprint density at radius 1 is 1.00 bits per heavy atom. The lowest BCUT2D eigenvalue weighted by atomic mass is 10.0. The highest BCUT2D eigenvalue weighted by Gasteiger charge is 2.21. The van der Waals surface area contributed by atoms with Crippen LogP contribution in [0.4, 0.5) is 5.82 Å². The lowest BCUT2D eigenvalue weighted by molar-refractivity contribution is 0.692. The molecule has 0 saturated heterocycles. The maximum Gasteiger partial charge on any atom is 0.154 e. The Morgan fingerprint density at radius 3 is 2.75 bits per heavy atom. The molecule has 0 amide bonds. The van der Waals surface area contributed by atoms with Crippen LogP contribution in [0, 0.1) is 13.8 Å². The Balaban J connectivity index is 1.68. The van der Waals surface area contributed by atoms with Crippen molar-refractivity contribution in [2.45, 2.75) is 26.8 Å². The molecule has 0 atom stereocenters. The highest BCUT2D eigenvalue weighted by molar-refractivity contribution is 5.62. The van der Waals surface area contributed by atoms with Crippen molar-refractivity contribution in [1.82, 2.24) is 25.4 Å². The van der Waals surface area contributed by atoms with Gasteiger partial charge >= 0.3 is 0 Å². The van der Waals surface area contributed by atoms with E-state index in [1.165, 1.54) is 16.7 Å². The summed E-state index contributed by atoms with van der Waals surface area (Å²) in [7, 11) is 0. The highest BCUT2D eigenvalue weighted by Crippen LogP contribution is 2.27. The van der Waals surface area contributed by atoms with Crippen LogP contribution in [-0.2, 0) is 13.0 Å². The second-order valence-electron chi connectivity index (χ2n) is 6.11. The van der Waals surface area contributed by atoms with Crippen LogP contribution in [-0.4, -0.2) is 31.9 Å². The standard InChI is InChI=1S/C18H18N6/c1-12-8-22-23-18(13(12)2)24-6-4-17-16(11-24)7-15(9-19-17)14-3-5-20-21-10-14/h3,5,7-10H,4,6,11H2,1-2H3. The van der Waals surface area contributed by atoms with E-state index >= 15 is 0 Å². The van der Waals surface area contributed by atoms with Gasteiger partial charge in [0.25, 0.3) is 0 Å². The van der Waals surface area contributed by atoms with E-state index in [0.717, 1.165) is 42.1 Å². The first-order chi connectivity index (χ1) is 11.7. The predicted octanol–water partition coefficient (Wildman–Crippen LogP) is 2.51. The van der Waals surface area contributed by atoms with Gasteiger partial charge < -0.3 is 4.90 Å². The van der Waals surface area contributed by atoms with E-state index in [2.05, 4.69) is 50.2 Å². The zero-order valence-corrected chi connectivity index (χ0v) is 13.8. The molecular weight excluding hydrogens is 300 g/mol. The van der Waals surface area contributed by atoms with Gasteiger partial charge in [-0.3, -0.25) is 4.98 Å². The maximum atomic E-state index is 4.65. The van der Waals surface area contributed by atoms with Crippen LogP contribution in [0.3, 0.4) is 0 Å². The third-order valence-electron chi connectivity index (χ3n) is 4.59. The van der Waals surface area contributed by atoms with Gasteiger partial charge in [0, 0.05) is 42.5 Å². The Kier molecular flexibility index (Phi) is 3.65. The minimum Gasteiger partial charge on any atom is -0.350 e. The molecule has 0 radical (unpaired) electrons. The lowest BCUT2D eigenvalue weighted by Crippen LogP contribution is -2.32. The fraction of sp³-hybridized carbons (Fsp3) is 0.278. The molecule has 3 aromatic rings. The van der Waals surface area contributed by atoms with Crippen molar-refractivity contribution in [3.8, 4) is 11.1 Å². The maximum absolute atomic E-state index is 4.65. The molecule has 3 aromatic heterocycles. The number of pyridine rings is 1. The van der Waals surface area contributed by atoms with Crippen molar-refractivity contribution >= 4 is 5.82 Å². The summed E-state index contributed by atoms with van der Waals surface area (Å²) in [5, 5.41) is 16.3. The van der Waals surface area contributed by atoms with E-state index in [4.69, 9.17) is 0 Å². The molecule has 1 aliphatic heterocycles. The van der Waals surface area contributed by atoms with Crippen molar-refractivity contribution in [2.24, 2.45) is 0 Å². The molecular formula is C18H18N6. The molecule has 6 heteroatoms. The minimum absolute atomic E-state index is 0.799. The quantitative estimate of drug-likeness (QED) is 0.723. The Labute approximate surface area is 140 Å². The summed E-state index contributed by atoms with van der Waals surface area (Å²) in [5.41, 5.74) is 6.85. The molecule has 0 saturated carbocycles. The first-order valence-corrected chi connectivity index (χ1v) is 8.01. The number of hydrogen-bond donors (Lipinski definition) is 0. The summed E-state index contributed by atoms with van der Waals surface area (Å²) in [5.74, 6) is 0.969. The topological polar surface area (TPSA) is 67.7 Å². The zero-order chi connectivity index (χ0) is 16.5. The van der Waals surface area contributed by atoms with Crippen LogP contribution in [0.5, 0.6) is 0 Å². The molecule has 0 aromatic carbocycles. The van der Waals surface area contributed by atoms with Crippen LogP contribution >= 0.6 is 0 Å². The summed E-state index contributed by atoms with van der Waals surface area (Å²) >= 11 is 0. The van der Waals surface area contributed by atoms with Crippen LogP contribution in [0.2, 0.25) is 0 Å². The van der Waals surface area contributed by atoms with Gasteiger partial charge in [-0.2, -0.15) is 15.3 Å². The number of nitrogens with zero attached hydrogens (tertiary/aromatic N) is 6. The van der Waals surface area contributed by atoms with Crippen molar-refractivity contribution < 1.29 is 0 Å². The minimum atomic E-state index is 0.799. The van der Waals surface area contributed by atoms with E-state index in [9.17, 15) is 0 Å². The predicted molar refractivity (Wildman–Crippen MR) is 91.5 cm³/mol. The van der Waals surface area contributed by atoms with Gasteiger partial charge in [-0.25, -0.2) is 0 Å². The van der Waals surface area contributed by atoms with Crippen molar-refractivity contribution in [2.75, 3.05) is 11.4 Å². The van der Waals surface area contributed by atoms with Gasteiger partial charge in [-0.1, -0.05) is 0 Å². The number of fused-ring (bicyclic) bond motifs is 1. The fourth-order valence-electron chi connectivity index (χ4n) is 3.05. The zero-order valence-electron chi connectivity index (χ0n) is 13.8. The average molecular weight is 318 g/mol. The van der Waals surface area contributed by atoms with Gasteiger partial charge in [0.15, 0.2) is 5.82 Å². The van der Waals surface area contributed by atoms with E-state index in [0.29, 0.717) is 0 Å². The lowest BCUT2D eigenvalue weighted by Gasteiger charge is -2.30. The van der Waals surface area contributed by atoms with Gasteiger partial charge in [-0.05, 0) is 42.7 Å². The van der Waals surface area contributed by atoms with Crippen molar-refractivity contribution in [3.05, 3.63) is 59.3 Å². The summed E-state index contributed by atoms with van der Waals surface area (Å²) < 4.78 is 0. The Morgan fingerprint density at radius 2 is 1.92 bits per heavy atom. The molecule has 6 nitrogen and oxygen atoms in total. The largest absolute Gasteiger partial charge is 0.350 e. The van der Waals surface area contributed by atoms with Crippen LogP contribution < -0.4 is 4.90 Å². The monoisotopic (exact) mass is 318 g/mol. The Hall–Kier alpha value is -2.89. The second-order valence-corrected chi connectivity index (χ2v) is 6.11. The SMILES string of the molecule is Cc1cnnc(N2CCc3ncc(-c4ccnnc4)cc3C2)c1C. The molecule has 0 aliphatic carbocycles. The van der Waals surface area contributed by atoms with E-state index in [-0.39, 0.29) is 0 Å². The number of hydrogen-bond acceptors (Lipinski definition) is 6. The molecule has 0 fully saturated rings. The smallest absolute Gasteiger partial charge is 0.154 e. The number of aromatic nitrogens is 5. The molecule has 24 heavy (non-hydrogen) atoms. The average Bonchev–Trinajstić information content (AvgIpc) is 2.64. The number of aryl methyl sites for hydroxylation is 1. The molecule has 120 valence electrons. The molecule has 0 N–H and O–H groups in total. The van der Waals surface area contributed by atoms with Gasteiger partial charge in [-0.15, -0.1) is 5.10 Å². The molecule has 1 aliphatic rings. The Bertz CT molecular complexity index is 878. The van der Waals surface area contributed by atoms with Crippen molar-refractivity contribution in [3.63, 3.8) is 0 Å². The normalized spacial score (nSPS) is 13.7.